The van der Waals surface area contributed by atoms with E-state index in [1.54, 1.807) is 7.11 Å². The van der Waals surface area contributed by atoms with Crippen molar-refractivity contribution < 1.29 is 4.74 Å². The first kappa shape index (κ1) is 10.3. The Morgan fingerprint density at radius 3 is 2.60 bits per heavy atom. The van der Waals surface area contributed by atoms with Crippen molar-refractivity contribution in [2.24, 2.45) is 0 Å². The number of methoxy groups -OCH3 is 1. The quantitative estimate of drug-likeness (QED) is 0.768. The second-order valence-corrected chi connectivity index (χ2v) is 4.40. The Balaban J connectivity index is 2.54. The molecule has 0 radical (unpaired) electrons. The number of nitrogens with zero attached hydrogens (tertiary/aromatic N) is 1. The van der Waals surface area contributed by atoms with Crippen LogP contribution in [0.4, 0.5) is 0 Å². The molecule has 0 N–H and O–H groups in total. The monoisotopic (exact) mass is 221 g/mol. The largest absolute Gasteiger partial charge is 0.495 e. The summed E-state index contributed by atoms with van der Waals surface area (Å²) >= 11 is 6.01. The molecule has 3 heteroatoms. The van der Waals surface area contributed by atoms with E-state index >= 15 is 0 Å². The molecule has 78 valence electrons. The predicted molar refractivity (Wildman–Crippen MR) is 59.3 cm³/mol. The summed E-state index contributed by atoms with van der Waals surface area (Å²) in [6.45, 7) is 1.98. The fraction of sp³-hybridized carbons (Fsp3) is 0.417. The van der Waals surface area contributed by atoms with Crippen molar-refractivity contribution in [3.8, 4) is 11.8 Å². The van der Waals surface area contributed by atoms with Crippen LogP contribution in [0.1, 0.15) is 24.0 Å². The summed E-state index contributed by atoms with van der Waals surface area (Å²) in [5, 5.41) is 9.75. The molecule has 0 amide bonds. The molecule has 2 rings (SSSR count). The molecule has 0 heterocycles. The molecule has 2 nitrogen and oxygen atoms in total. The van der Waals surface area contributed by atoms with E-state index in [1.807, 2.05) is 19.1 Å². The molecule has 15 heavy (non-hydrogen) atoms. The van der Waals surface area contributed by atoms with Crippen LogP contribution in [0, 0.1) is 18.3 Å². The second-order valence-electron chi connectivity index (χ2n) is 4.00. The van der Waals surface area contributed by atoms with Gasteiger partial charge in [-0.2, -0.15) is 5.26 Å². The second kappa shape index (κ2) is 3.43. The van der Waals surface area contributed by atoms with Gasteiger partial charge in [-0.25, -0.2) is 0 Å². The summed E-state index contributed by atoms with van der Waals surface area (Å²) in [4.78, 5) is 0. The molecule has 0 spiro atoms. The Kier molecular flexibility index (Phi) is 2.36. The Bertz CT molecular complexity index is 444. The standard InChI is InChI=1S/C12H12ClNO/c1-8-5-10(13)11(15-2)6-9(8)12(7-14)3-4-12/h5-6H,3-4H2,1-2H3. The van der Waals surface area contributed by atoms with Gasteiger partial charge in [0.15, 0.2) is 0 Å². The molecule has 0 aromatic heterocycles. The summed E-state index contributed by atoms with van der Waals surface area (Å²) in [5.41, 5.74) is 1.85. The van der Waals surface area contributed by atoms with Crippen LogP contribution in [-0.2, 0) is 5.41 Å². The Morgan fingerprint density at radius 2 is 2.13 bits per heavy atom. The average molecular weight is 222 g/mol. The van der Waals surface area contributed by atoms with Gasteiger partial charge in [-0.1, -0.05) is 11.6 Å². The molecular weight excluding hydrogens is 210 g/mol. The molecule has 0 atom stereocenters. The molecule has 0 unspecified atom stereocenters. The predicted octanol–water partition coefficient (Wildman–Crippen LogP) is 3.21. The minimum Gasteiger partial charge on any atom is -0.495 e. The van der Waals surface area contributed by atoms with E-state index in [4.69, 9.17) is 21.6 Å². The van der Waals surface area contributed by atoms with Crippen LogP contribution in [0.3, 0.4) is 0 Å². The van der Waals surface area contributed by atoms with Crippen molar-refractivity contribution >= 4 is 11.6 Å². The molecule has 0 saturated heterocycles. The minimum absolute atomic E-state index is 0.276. The lowest BCUT2D eigenvalue weighted by Crippen LogP contribution is -2.05. The van der Waals surface area contributed by atoms with Crippen molar-refractivity contribution in [3.63, 3.8) is 0 Å². The SMILES string of the molecule is COc1cc(C2(C#N)CC2)c(C)cc1Cl. The lowest BCUT2D eigenvalue weighted by molar-refractivity contribution is 0.414. The number of hydrogen-bond donors (Lipinski definition) is 0. The van der Waals surface area contributed by atoms with E-state index in [-0.39, 0.29) is 5.41 Å². The van der Waals surface area contributed by atoms with Crippen molar-refractivity contribution in [1.29, 1.82) is 5.26 Å². The van der Waals surface area contributed by atoms with E-state index in [0.717, 1.165) is 24.0 Å². The third kappa shape index (κ3) is 1.57. The number of ether oxygens (including phenoxy) is 1. The highest BCUT2D eigenvalue weighted by molar-refractivity contribution is 6.32. The van der Waals surface area contributed by atoms with Crippen molar-refractivity contribution in [1.82, 2.24) is 0 Å². The molecule has 1 aliphatic carbocycles. The molecule has 1 aromatic carbocycles. The molecule has 1 fully saturated rings. The highest BCUT2D eigenvalue weighted by Crippen LogP contribution is 2.50. The zero-order valence-corrected chi connectivity index (χ0v) is 9.56. The van der Waals surface area contributed by atoms with E-state index in [2.05, 4.69) is 6.07 Å². The topological polar surface area (TPSA) is 33.0 Å². The highest BCUT2D eigenvalue weighted by atomic mass is 35.5. The van der Waals surface area contributed by atoms with Crippen LogP contribution in [0.25, 0.3) is 0 Å². The zero-order valence-electron chi connectivity index (χ0n) is 8.80. The fourth-order valence-electron chi connectivity index (χ4n) is 1.89. The summed E-state index contributed by atoms with van der Waals surface area (Å²) in [6.07, 6.45) is 1.88. The van der Waals surface area contributed by atoms with E-state index in [9.17, 15) is 0 Å². The first-order valence-corrected chi connectivity index (χ1v) is 5.26. The maximum absolute atomic E-state index is 9.14. The summed E-state index contributed by atoms with van der Waals surface area (Å²) in [7, 11) is 1.59. The molecule has 1 saturated carbocycles. The van der Waals surface area contributed by atoms with E-state index < -0.39 is 0 Å². The van der Waals surface area contributed by atoms with Gasteiger partial charge in [0.1, 0.15) is 5.75 Å². The van der Waals surface area contributed by atoms with Gasteiger partial charge in [0.05, 0.1) is 23.6 Å². The molecule has 0 bridgehead atoms. The van der Waals surface area contributed by atoms with Gasteiger partial charge >= 0.3 is 0 Å². The van der Waals surface area contributed by atoms with Crippen LogP contribution in [0.15, 0.2) is 12.1 Å². The van der Waals surface area contributed by atoms with Crippen molar-refractivity contribution in [2.45, 2.75) is 25.2 Å². The highest BCUT2D eigenvalue weighted by Gasteiger charge is 2.46. The van der Waals surface area contributed by atoms with E-state index in [1.165, 1.54) is 0 Å². The summed E-state index contributed by atoms with van der Waals surface area (Å²) in [5.74, 6) is 0.652. The van der Waals surface area contributed by atoms with Crippen LogP contribution in [-0.4, -0.2) is 7.11 Å². The van der Waals surface area contributed by atoms with Gasteiger partial charge in [0.2, 0.25) is 0 Å². The normalized spacial score (nSPS) is 16.9. The van der Waals surface area contributed by atoms with Crippen LogP contribution in [0.2, 0.25) is 5.02 Å². The maximum atomic E-state index is 9.14. The third-order valence-corrected chi connectivity index (χ3v) is 3.27. The van der Waals surface area contributed by atoms with Crippen LogP contribution in [0.5, 0.6) is 5.75 Å². The van der Waals surface area contributed by atoms with E-state index in [0.29, 0.717) is 10.8 Å². The Morgan fingerprint density at radius 1 is 1.47 bits per heavy atom. The maximum Gasteiger partial charge on any atom is 0.137 e. The first-order chi connectivity index (χ1) is 7.13. The van der Waals surface area contributed by atoms with Gasteiger partial charge in [0.25, 0.3) is 0 Å². The summed E-state index contributed by atoms with van der Waals surface area (Å²) < 4.78 is 5.17. The van der Waals surface area contributed by atoms with Gasteiger partial charge in [-0.05, 0) is 43.0 Å². The fourth-order valence-corrected chi connectivity index (χ4v) is 2.19. The number of benzene rings is 1. The van der Waals surface area contributed by atoms with Gasteiger partial charge in [-0.15, -0.1) is 0 Å². The number of aryl methyl sites for hydroxylation is 1. The van der Waals surface area contributed by atoms with Crippen molar-refractivity contribution in [2.75, 3.05) is 7.11 Å². The van der Waals surface area contributed by atoms with Crippen molar-refractivity contribution in [3.05, 3.63) is 28.3 Å². The minimum atomic E-state index is -0.276. The Hall–Kier alpha value is -1.20. The number of hydrogen-bond acceptors (Lipinski definition) is 2. The first-order valence-electron chi connectivity index (χ1n) is 4.89. The molecule has 1 aromatic rings. The molecular formula is C12H12ClNO. The Labute approximate surface area is 94.4 Å². The third-order valence-electron chi connectivity index (χ3n) is 2.98. The number of halogens is 1. The number of nitriles is 1. The van der Waals surface area contributed by atoms with Gasteiger partial charge in [-0.3, -0.25) is 0 Å². The lowest BCUT2D eigenvalue weighted by Gasteiger charge is -2.13. The van der Waals surface area contributed by atoms with Gasteiger partial charge in [0, 0.05) is 0 Å². The number of rotatable bonds is 2. The summed E-state index contributed by atoms with van der Waals surface area (Å²) in [6, 6.07) is 6.15. The average Bonchev–Trinajstić information content (AvgIpc) is 2.99. The molecule has 1 aliphatic rings. The van der Waals surface area contributed by atoms with Crippen LogP contribution >= 0.6 is 11.6 Å². The smallest absolute Gasteiger partial charge is 0.137 e. The lowest BCUT2D eigenvalue weighted by atomic mass is 9.93. The van der Waals surface area contributed by atoms with Crippen LogP contribution < -0.4 is 4.74 Å². The molecule has 0 aliphatic heterocycles. The van der Waals surface area contributed by atoms with Gasteiger partial charge < -0.3 is 4.74 Å². The zero-order chi connectivity index (χ0) is 11.1.